The van der Waals surface area contributed by atoms with E-state index in [4.69, 9.17) is 0 Å². The number of carbonyl (C=O) groups excluding carboxylic acids is 2. The van der Waals surface area contributed by atoms with Gasteiger partial charge in [0.2, 0.25) is 5.91 Å². The van der Waals surface area contributed by atoms with E-state index >= 15 is 0 Å². The highest BCUT2D eigenvalue weighted by atomic mass is 19.3. The van der Waals surface area contributed by atoms with Crippen molar-refractivity contribution in [2.24, 2.45) is 0 Å². The highest BCUT2D eigenvalue weighted by molar-refractivity contribution is 5.86. The Morgan fingerprint density at radius 3 is 2.55 bits per heavy atom. The molecule has 1 aromatic rings. The van der Waals surface area contributed by atoms with E-state index in [0.717, 1.165) is 5.56 Å². The maximum Gasteiger partial charge on any atom is 0.321 e. The summed E-state index contributed by atoms with van der Waals surface area (Å²) in [7, 11) is 0. The topological polar surface area (TPSA) is 58.2 Å². The van der Waals surface area contributed by atoms with E-state index in [1.54, 1.807) is 31.2 Å². The number of halogens is 2. The van der Waals surface area contributed by atoms with Gasteiger partial charge in [0, 0.05) is 13.3 Å². The Morgan fingerprint density at radius 1 is 1.40 bits per heavy atom. The van der Waals surface area contributed by atoms with Gasteiger partial charge < -0.3 is 10.6 Å². The van der Waals surface area contributed by atoms with Crippen molar-refractivity contribution in [3.8, 4) is 0 Å². The monoisotopic (exact) mass is 282 g/mol. The normalized spacial score (nSPS) is 26.2. The number of rotatable bonds is 3. The highest BCUT2D eigenvalue weighted by Crippen LogP contribution is 2.31. The van der Waals surface area contributed by atoms with Crippen molar-refractivity contribution in [1.82, 2.24) is 10.6 Å². The number of alkyl halides is 2. The maximum absolute atomic E-state index is 13.0. The molecule has 2 unspecified atom stereocenters. The first-order chi connectivity index (χ1) is 9.23. The van der Waals surface area contributed by atoms with Gasteiger partial charge in [-0.15, -0.1) is 0 Å². The van der Waals surface area contributed by atoms with Crippen molar-refractivity contribution in [2.75, 3.05) is 0 Å². The molecule has 2 N–H and O–H groups in total. The van der Waals surface area contributed by atoms with Crippen LogP contribution in [0.3, 0.4) is 0 Å². The zero-order valence-corrected chi connectivity index (χ0v) is 11.2. The van der Waals surface area contributed by atoms with Crippen molar-refractivity contribution in [1.29, 1.82) is 0 Å². The number of hydrogen-bond acceptors (Lipinski definition) is 2. The minimum atomic E-state index is -3.47. The Hall–Kier alpha value is -1.98. The lowest BCUT2D eigenvalue weighted by atomic mass is 9.86. The molecule has 2 atom stereocenters. The number of hydrogen-bond donors (Lipinski definition) is 2. The second-order valence-electron chi connectivity index (χ2n) is 5.24. The van der Waals surface area contributed by atoms with Crippen LogP contribution < -0.4 is 10.6 Å². The summed E-state index contributed by atoms with van der Waals surface area (Å²) in [6, 6.07) is 8.26. The second kappa shape index (κ2) is 4.85. The lowest BCUT2D eigenvalue weighted by Crippen LogP contribution is -2.53. The fourth-order valence-corrected chi connectivity index (χ4v) is 2.36. The molecule has 6 heteroatoms. The summed E-state index contributed by atoms with van der Waals surface area (Å²) in [6.45, 7) is 2.25. The highest BCUT2D eigenvalue weighted by Gasteiger charge is 2.47. The summed E-state index contributed by atoms with van der Waals surface area (Å²) in [5.74, 6) is -5.12. The third-order valence-electron chi connectivity index (χ3n) is 3.56. The summed E-state index contributed by atoms with van der Waals surface area (Å²) in [4.78, 5) is 23.1. The van der Waals surface area contributed by atoms with E-state index in [1.807, 2.05) is 6.07 Å². The molecule has 108 valence electrons. The summed E-state index contributed by atoms with van der Waals surface area (Å²) in [6.07, 6.45) is -0.0206. The molecule has 1 saturated heterocycles. The summed E-state index contributed by atoms with van der Waals surface area (Å²) in [5, 5.41) is 5.02. The summed E-state index contributed by atoms with van der Waals surface area (Å²) < 4.78 is 26.0. The third kappa shape index (κ3) is 2.64. The summed E-state index contributed by atoms with van der Waals surface area (Å²) in [5.41, 5.74) is -0.130. The first-order valence-electron chi connectivity index (χ1n) is 6.29. The molecule has 2 amide bonds. The standard InChI is InChI=1S/C14H16F2N2O2/c1-13(9-6-4-3-5-7-9)10(8-11(19)18-13)17-12(20)14(2,15)16/h3-7,10H,8H2,1-2H3,(H,17,20)(H,18,19). The third-order valence-corrected chi connectivity index (χ3v) is 3.56. The Morgan fingerprint density at radius 2 is 2.00 bits per heavy atom. The van der Waals surface area contributed by atoms with Crippen LogP contribution in [0.5, 0.6) is 0 Å². The van der Waals surface area contributed by atoms with Crippen molar-refractivity contribution >= 4 is 11.8 Å². The average molecular weight is 282 g/mol. The van der Waals surface area contributed by atoms with E-state index in [2.05, 4.69) is 10.6 Å². The van der Waals surface area contributed by atoms with E-state index in [1.165, 1.54) is 0 Å². The minimum absolute atomic E-state index is 0.0206. The lowest BCUT2D eigenvalue weighted by molar-refractivity contribution is -0.144. The number of carbonyl (C=O) groups is 2. The van der Waals surface area contributed by atoms with E-state index in [-0.39, 0.29) is 12.3 Å². The number of amides is 2. The van der Waals surface area contributed by atoms with Crippen LogP contribution in [0.4, 0.5) is 8.78 Å². The van der Waals surface area contributed by atoms with Crippen LogP contribution in [0.2, 0.25) is 0 Å². The average Bonchev–Trinajstić information content (AvgIpc) is 2.65. The van der Waals surface area contributed by atoms with Gasteiger partial charge in [-0.25, -0.2) is 0 Å². The smallest absolute Gasteiger partial charge is 0.321 e. The first-order valence-corrected chi connectivity index (χ1v) is 6.29. The minimum Gasteiger partial charge on any atom is -0.345 e. The fraction of sp³-hybridized carbons (Fsp3) is 0.429. The molecule has 1 aliphatic heterocycles. The Balaban J connectivity index is 2.27. The zero-order valence-electron chi connectivity index (χ0n) is 11.2. The number of nitrogens with one attached hydrogen (secondary N) is 2. The maximum atomic E-state index is 13.0. The van der Waals surface area contributed by atoms with Gasteiger partial charge in [0.1, 0.15) is 0 Å². The van der Waals surface area contributed by atoms with Crippen LogP contribution in [-0.4, -0.2) is 23.8 Å². The van der Waals surface area contributed by atoms with Crippen LogP contribution in [0.15, 0.2) is 30.3 Å². The second-order valence-corrected chi connectivity index (χ2v) is 5.24. The van der Waals surface area contributed by atoms with E-state index in [0.29, 0.717) is 6.92 Å². The van der Waals surface area contributed by atoms with Gasteiger partial charge >= 0.3 is 5.92 Å². The molecule has 20 heavy (non-hydrogen) atoms. The molecule has 4 nitrogen and oxygen atoms in total. The van der Waals surface area contributed by atoms with Crippen LogP contribution in [0.25, 0.3) is 0 Å². The van der Waals surface area contributed by atoms with Crippen LogP contribution in [-0.2, 0) is 15.1 Å². The molecule has 1 aromatic carbocycles. The number of benzene rings is 1. The van der Waals surface area contributed by atoms with Crippen LogP contribution in [0.1, 0.15) is 25.8 Å². The van der Waals surface area contributed by atoms with Crippen LogP contribution in [0, 0.1) is 0 Å². The van der Waals surface area contributed by atoms with Crippen molar-refractivity contribution in [3.05, 3.63) is 35.9 Å². The Bertz CT molecular complexity index is 528. The quantitative estimate of drug-likeness (QED) is 0.884. The van der Waals surface area contributed by atoms with Gasteiger partial charge in [0.15, 0.2) is 0 Å². The molecule has 0 aromatic heterocycles. The first kappa shape index (κ1) is 14.4. The van der Waals surface area contributed by atoms with Gasteiger partial charge in [-0.05, 0) is 12.5 Å². The molecule has 0 spiro atoms. The molecule has 1 aliphatic rings. The molecule has 0 aliphatic carbocycles. The predicted molar refractivity (Wildman–Crippen MR) is 69.1 cm³/mol. The zero-order chi connectivity index (χ0) is 15.0. The van der Waals surface area contributed by atoms with Crippen molar-refractivity contribution < 1.29 is 18.4 Å². The van der Waals surface area contributed by atoms with Gasteiger partial charge in [0.05, 0.1) is 11.6 Å². The largest absolute Gasteiger partial charge is 0.345 e. The predicted octanol–water partition coefficient (Wildman–Crippen LogP) is 1.56. The molecular weight excluding hydrogens is 266 g/mol. The Kier molecular flexibility index (Phi) is 3.50. The molecule has 2 rings (SSSR count). The Labute approximate surface area is 115 Å². The van der Waals surface area contributed by atoms with Gasteiger partial charge in [-0.3, -0.25) is 9.59 Å². The SMILES string of the molecule is CC(F)(F)C(=O)NC1CC(=O)NC1(C)c1ccccc1. The van der Waals surface area contributed by atoms with Crippen molar-refractivity contribution in [3.63, 3.8) is 0 Å². The lowest BCUT2D eigenvalue weighted by Gasteiger charge is -2.32. The fourth-order valence-electron chi connectivity index (χ4n) is 2.36. The molecular formula is C14H16F2N2O2. The summed E-state index contributed by atoms with van der Waals surface area (Å²) >= 11 is 0. The van der Waals surface area contributed by atoms with Crippen LogP contribution >= 0.6 is 0 Å². The van der Waals surface area contributed by atoms with Crippen molar-refractivity contribution in [2.45, 2.75) is 37.8 Å². The van der Waals surface area contributed by atoms with E-state index < -0.39 is 23.4 Å². The van der Waals surface area contributed by atoms with Gasteiger partial charge in [-0.1, -0.05) is 30.3 Å². The molecule has 1 heterocycles. The molecule has 0 saturated carbocycles. The van der Waals surface area contributed by atoms with Gasteiger partial charge in [0.25, 0.3) is 5.91 Å². The molecule has 0 bridgehead atoms. The van der Waals surface area contributed by atoms with E-state index in [9.17, 15) is 18.4 Å². The molecule has 0 radical (unpaired) electrons. The molecule has 1 fully saturated rings. The van der Waals surface area contributed by atoms with Gasteiger partial charge in [-0.2, -0.15) is 8.78 Å².